The van der Waals surface area contributed by atoms with E-state index in [1.54, 1.807) is 25.9 Å². The van der Waals surface area contributed by atoms with Crippen molar-refractivity contribution in [2.75, 3.05) is 14.1 Å². The maximum Gasteiger partial charge on any atom is 0.225 e. The van der Waals surface area contributed by atoms with Gasteiger partial charge in [0.15, 0.2) is 17.2 Å². The van der Waals surface area contributed by atoms with Gasteiger partial charge in [0.05, 0.1) is 15.6 Å². The number of phenols is 1. The van der Waals surface area contributed by atoms with Crippen molar-refractivity contribution >= 4 is 51.6 Å². The van der Waals surface area contributed by atoms with E-state index in [0.717, 1.165) is 0 Å². The van der Waals surface area contributed by atoms with Crippen molar-refractivity contribution in [2.24, 2.45) is 17.6 Å². The van der Waals surface area contributed by atoms with Crippen LogP contribution in [0.25, 0.3) is 5.76 Å². The number of fused-ring (bicyclic) bond motifs is 2. The first kappa shape index (κ1) is 25.3. The number of amides is 1. The number of Topliss-reactive ketones (excluding diaryl/α,β-unsaturated/α-hetero) is 3. The molecular formula is C23H27IN2O7. The van der Waals surface area contributed by atoms with E-state index in [1.807, 2.05) is 22.6 Å². The van der Waals surface area contributed by atoms with E-state index in [4.69, 9.17) is 5.73 Å². The Balaban J connectivity index is 2.28. The number of carbonyl (C=O) groups is 4. The van der Waals surface area contributed by atoms with E-state index in [1.165, 1.54) is 13.0 Å². The molecule has 10 heteroatoms. The Hall–Kier alpha value is -2.31. The quantitative estimate of drug-likeness (QED) is 0.227. The number of aliphatic hydroxyl groups excluding tert-OH is 1. The van der Waals surface area contributed by atoms with Crippen molar-refractivity contribution in [3.8, 4) is 5.75 Å². The number of rotatable bonds is 6. The third-order valence-corrected chi connectivity index (χ3v) is 7.74. The minimum Gasteiger partial charge on any atom is -0.507 e. The normalized spacial score (nSPS) is 25.5. The maximum absolute atomic E-state index is 13.7. The Morgan fingerprint density at radius 3 is 2.42 bits per heavy atom. The van der Waals surface area contributed by atoms with Crippen LogP contribution >= 0.6 is 22.6 Å². The summed E-state index contributed by atoms with van der Waals surface area (Å²) < 4.78 is 0.310. The SMILES string of the molecule is CC(=O)c1cc(I)c(O)c2c1C[C@H]1C[C@@H]([C@@H](C)N(C)C)[C@@](O)(C(=O)CC(N)=O)C(=O)C1=C2O. The topological polar surface area (TPSA) is 158 Å². The minimum absolute atomic E-state index is 0.0458. The summed E-state index contributed by atoms with van der Waals surface area (Å²) in [5.41, 5.74) is 3.12. The fraction of sp³-hybridized carbons (Fsp3) is 0.478. The van der Waals surface area contributed by atoms with Gasteiger partial charge in [-0.1, -0.05) is 0 Å². The van der Waals surface area contributed by atoms with Gasteiger partial charge in [-0.15, -0.1) is 0 Å². The molecule has 1 amide bonds. The van der Waals surface area contributed by atoms with Gasteiger partial charge < -0.3 is 26.0 Å². The number of hydrogen-bond acceptors (Lipinski definition) is 8. The number of aliphatic hydroxyl groups is 2. The second-order valence-electron chi connectivity index (χ2n) is 9.04. The lowest BCUT2D eigenvalue weighted by molar-refractivity contribution is -0.162. The molecule has 2 aliphatic rings. The van der Waals surface area contributed by atoms with E-state index in [-0.39, 0.29) is 35.5 Å². The highest BCUT2D eigenvalue weighted by Crippen LogP contribution is 2.50. The largest absolute Gasteiger partial charge is 0.507 e. The highest BCUT2D eigenvalue weighted by Gasteiger charge is 2.59. The van der Waals surface area contributed by atoms with Crippen molar-refractivity contribution in [3.63, 3.8) is 0 Å². The molecule has 0 bridgehead atoms. The zero-order chi connectivity index (χ0) is 25.0. The Bertz CT molecular complexity index is 1110. The third-order valence-electron chi connectivity index (χ3n) is 6.91. The van der Waals surface area contributed by atoms with E-state index in [0.29, 0.717) is 14.7 Å². The number of hydrogen-bond donors (Lipinski definition) is 4. The fourth-order valence-electron chi connectivity index (χ4n) is 5.01. The molecule has 5 N–H and O–H groups in total. The lowest BCUT2D eigenvalue weighted by Gasteiger charge is -2.47. The van der Waals surface area contributed by atoms with Gasteiger partial charge in [-0.25, -0.2) is 0 Å². The zero-order valence-corrected chi connectivity index (χ0v) is 21.0. The molecule has 0 spiro atoms. The van der Waals surface area contributed by atoms with Crippen LogP contribution in [0, 0.1) is 15.4 Å². The van der Waals surface area contributed by atoms with Crippen LogP contribution < -0.4 is 5.73 Å². The molecule has 0 heterocycles. The molecule has 178 valence electrons. The molecular weight excluding hydrogens is 543 g/mol. The number of carbonyl (C=O) groups excluding carboxylic acids is 4. The number of primary amides is 1. The summed E-state index contributed by atoms with van der Waals surface area (Å²) >= 11 is 1.82. The predicted molar refractivity (Wildman–Crippen MR) is 128 cm³/mol. The van der Waals surface area contributed by atoms with Crippen LogP contribution in [-0.4, -0.2) is 69.2 Å². The lowest BCUT2D eigenvalue weighted by Crippen LogP contribution is -2.63. The average Bonchev–Trinajstić information content (AvgIpc) is 2.71. The summed E-state index contributed by atoms with van der Waals surface area (Å²) in [6, 6.07) is 1.09. The summed E-state index contributed by atoms with van der Waals surface area (Å²) in [4.78, 5) is 52.1. The van der Waals surface area contributed by atoms with Crippen LogP contribution in [0.15, 0.2) is 11.6 Å². The number of halogens is 1. The van der Waals surface area contributed by atoms with E-state index in [9.17, 15) is 34.5 Å². The highest BCUT2D eigenvalue weighted by molar-refractivity contribution is 14.1. The molecule has 0 unspecified atom stereocenters. The molecule has 9 nitrogen and oxygen atoms in total. The molecule has 33 heavy (non-hydrogen) atoms. The first-order valence-electron chi connectivity index (χ1n) is 10.5. The molecule has 1 aromatic carbocycles. The minimum atomic E-state index is -2.57. The first-order valence-corrected chi connectivity index (χ1v) is 11.5. The van der Waals surface area contributed by atoms with Gasteiger partial charge in [0, 0.05) is 23.1 Å². The fourth-order valence-corrected chi connectivity index (χ4v) is 5.60. The van der Waals surface area contributed by atoms with Crippen LogP contribution in [0.4, 0.5) is 0 Å². The Morgan fingerprint density at radius 1 is 1.30 bits per heavy atom. The standard InChI is InChI=1S/C23H27IN2O7/c1-9(26(3)4)14-6-11-5-13-12(10(2)27)7-15(24)20(30)19(13)21(31)18(11)22(32)23(14,33)16(28)8-17(25)29/h7,9,11,14,30-31,33H,5-6,8H2,1-4H3,(H2,25,29)/t9-,11+,14+,23-/m1/s1. The number of phenolic OH excluding ortho intramolecular Hbond substituents is 1. The van der Waals surface area contributed by atoms with Gasteiger partial charge in [-0.2, -0.15) is 0 Å². The van der Waals surface area contributed by atoms with Gasteiger partial charge in [-0.05, 0) is 80.9 Å². The average molecular weight is 570 g/mol. The molecule has 0 aromatic heterocycles. The molecule has 0 aliphatic heterocycles. The lowest BCUT2D eigenvalue weighted by atomic mass is 9.60. The van der Waals surface area contributed by atoms with E-state index >= 15 is 0 Å². The molecule has 4 atom stereocenters. The second kappa shape index (κ2) is 8.80. The van der Waals surface area contributed by atoms with Gasteiger partial charge >= 0.3 is 0 Å². The Labute approximate surface area is 204 Å². The van der Waals surface area contributed by atoms with Crippen molar-refractivity contribution < 1.29 is 34.5 Å². The molecule has 2 aliphatic carbocycles. The highest BCUT2D eigenvalue weighted by atomic mass is 127. The van der Waals surface area contributed by atoms with Crippen LogP contribution in [0.5, 0.6) is 5.75 Å². The summed E-state index contributed by atoms with van der Waals surface area (Å²) in [6.07, 6.45) is -0.530. The Morgan fingerprint density at radius 2 is 1.91 bits per heavy atom. The third kappa shape index (κ3) is 3.97. The van der Waals surface area contributed by atoms with Gasteiger partial charge in [0.25, 0.3) is 0 Å². The Kier molecular flexibility index (Phi) is 6.75. The van der Waals surface area contributed by atoms with Gasteiger partial charge in [-0.3, -0.25) is 19.2 Å². The molecule has 1 saturated carbocycles. The summed E-state index contributed by atoms with van der Waals surface area (Å²) in [7, 11) is 3.47. The van der Waals surface area contributed by atoms with Crippen molar-refractivity contribution in [2.45, 2.75) is 44.8 Å². The number of nitrogens with two attached hydrogens (primary N) is 1. The predicted octanol–water partition coefficient (Wildman–Crippen LogP) is 1.36. The monoisotopic (exact) mass is 570 g/mol. The zero-order valence-electron chi connectivity index (χ0n) is 18.8. The molecule has 0 radical (unpaired) electrons. The van der Waals surface area contributed by atoms with E-state index < -0.39 is 53.1 Å². The van der Waals surface area contributed by atoms with Crippen LogP contribution in [0.1, 0.15) is 48.2 Å². The molecule has 1 aromatic rings. The molecule has 3 rings (SSSR count). The van der Waals surface area contributed by atoms with E-state index in [2.05, 4.69) is 0 Å². The number of benzene rings is 1. The van der Waals surface area contributed by atoms with Crippen LogP contribution in [0.3, 0.4) is 0 Å². The molecule has 0 saturated heterocycles. The van der Waals surface area contributed by atoms with Gasteiger partial charge in [0.2, 0.25) is 11.7 Å². The number of nitrogens with zero attached hydrogens (tertiary/aromatic N) is 1. The van der Waals surface area contributed by atoms with Crippen LogP contribution in [-0.2, 0) is 20.8 Å². The smallest absolute Gasteiger partial charge is 0.225 e. The number of ketones is 3. The summed E-state index contributed by atoms with van der Waals surface area (Å²) in [6.45, 7) is 3.13. The van der Waals surface area contributed by atoms with Crippen molar-refractivity contribution in [1.29, 1.82) is 0 Å². The molecule has 1 fully saturated rings. The summed E-state index contributed by atoms with van der Waals surface area (Å²) in [5.74, 6) is -5.62. The van der Waals surface area contributed by atoms with Gasteiger partial charge in [0.1, 0.15) is 11.5 Å². The first-order chi connectivity index (χ1) is 15.2. The van der Waals surface area contributed by atoms with Crippen molar-refractivity contribution in [1.82, 2.24) is 4.90 Å². The second-order valence-corrected chi connectivity index (χ2v) is 10.2. The van der Waals surface area contributed by atoms with Crippen LogP contribution in [0.2, 0.25) is 0 Å². The maximum atomic E-state index is 13.7. The summed E-state index contributed by atoms with van der Waals surface area (Å²) in [5, 5.41) is 33.3. The number of aromatic hydroxyl groups is 1. The van der Waals surface area contributed by atoms with Crippen molar-refractivity contribution in [3.05, 3.63) is 31.9 Å².